The molecular weight excluding hydrogens is 510 g/mol. The third-order valence-electron chi connectivity index (χ3n) is 6.46. The molecule has 1 aliphatic heterocycles. The zero-order chi connectivity index (χ0) is 28.5. The fourth-order valence-electron chi connectivity index (χ4n) is 4.36. The van der Waals surface area contributed by atoms with Gasteiger partial charge in [0, 0.05) is 37.7 Å². The minimum Gasteiger partial charge on any atom is -0.508 e. The van der Waals surface area contributed by atoms with Crippen molar-refractivity contribution in [3.8, 4) is 5.75 Å². The number of imidazole rings is 1. The number of phenols is 1. The topological polar surface area (TPSA) is 234 Å². The van der Waals surface area contributed by atoms with Gasteiger partial charge < -0.3 is 42.2 Å². The Bertz CT molecular complexity index is 1170. The highest BCUT2D eigenvalue weighted by Crippen LogP contribution is 2.20. The first-order valence-corrected chi connectivity index (χ1v) is 12.5. The van der Waals surface area contributed by atoms with Crippen LogP contribution in [0.4, 0.5) is 0 Å². The van der Waals surface area contributed by atoms with Gasteiger partial charge in [-0.3, -0.25) is 19.2 Å². The van der Waals surface area contributed by atoms with Crippen molar-refractivity contribution in [3.05, 3.63) is 48.0 Å². The van der Waals surface area contributed by atoms with Crippen LogP contribution >= 0.6 is 0 Å². The van der Waals surface area contributed by atoms with Gasteiger partial charge in [0.1, 0.15) is 23.9 Å². The summed E-state index contributed by atoms with van der Waals surface area (Å²) in [7, 11) is 0. The highest BCUT2D eigenvalue weighted by molar-refractivity contribution is 5.94. The van der Waals surface area contributed by atoms with Crippen LogP contribution in [-0.4, -0.2) is 85.4 Å². The Morgan fingerprint density at radius 1 is 1.10 bits per heavy atom. The number of hydrogen-bond donors (Lipinski definition) is 7. The van der Waals surface area contributed by atoms with Gasteiger partial charge in [-0.15, -0.1) is 0 Å². The van der Waals surface area contributed by atoms with Gasteiger partial charge in [0.25, 0.3) is 0 Å². The molecule has 1 aliphatic rings. The molecule has 2 aromatic rings. The van der Waals surface area contributed by atoms with E-state index in [0.717, 1.165) is 0 Å². The molecule has 0 bridgehead atoms. The summed E-state index contributed by atoms with van der Waals surface area (Å²) in [5.74, 6) is -3.66. The Kier molecular flexibility index (Phi) is 9.98. The van der Waals surface area contributed by atoms with Gasteiger partial charge in [0.2, 0.25) is 23.6 Å². The maximum absolute atomic E-state index is 13.6. The van der Waals surface area contributed by atoms with Crippen molar-refractivity contribution in [2.45, 2.75) is 62.7 Å². The zero-order valence-electron chi connectivity index (χ0n) is 21.2. The minimum atomic E-state index is -1.26. The normalized spacial score (nSPS) is 17.2. The third kappa shape index (κ3) is 8.26. The highest BCUT2D eigenvalue weighted by atomic mass is 16.4. The van der Waals surface area contributed by atoms with E-state index in [-0.39, 0.29) is 38.0 Å². The first kappa shape index (κ1) is 29.1. The number of nitrogens with two attached hydrogens (primary N) is 2. The van der Waals surface area contributed by atoms with Crippen molar-refractivity contribution < 1.29 is 34.2 Å². The lowest BCUT2D eigenvalue weighted by Gasteiger charge is -2.30. The second kappa shape index (κ2) is 13.4. The fourth-order valence-corrected chi connectivity index (χ4v) is 4.36. The van der Waals surface area contributed by atoms with E-state index >= 15 is 0 Å². The second-order valence-electron chi connectivity index (χ2n) is 9.41. The molecule has 4 unspecified atom stereocenters. The van der Waals surface area contributed by atoms with Gasteiger partial charge in [-0.2, -0.15) is 0 Å². The molecule has 14 heteroatoms. The molecule has 0 saturated carbocycles. The molecule has 1 aromatic carbocycles. The van der Waals surface area contributed by atoms with Crippen LogP contribution in [0.2, 0.25) is 0 Å². The number of carboxylic acids is 1. The van der Waals surface area contributed by atoms with Crippen LogP contribution < -0.4 is 22.1 Å². The molecule has 4 amide bonds. The predicted octanol–water partition coefficient (Wildman–Crippen LogP) is -1.46. The predicted molar refractivity (Wildman–Crippen MR) is 137 cm³/mol. The molecule has 0 spiro atoms. The van der Waals surface area contributed by atoms with E-state index in [9.17, 15) is 34.2 Å². The summed E-state index contributed by atoms with van der Waals surface area (Å²) < 4.78 is 0. The highest BCUT2D eigenvalue weighted by Gasteiger charge is 2.39. The molecule has 39 heavy (non-hydrogen) atoms. The first-order chi connectivity index (χ1) is 18.5. The molecule has 3 rings (SSSR count). The van der Waals surface area contributed by atoms with Crippen LogP contribution in [0.15, 0.2) is 36.8 Å². The van der Waals surface area contributed by atoms with Crippen molar-refractivity contribution in [1.29, 1.82) is 0 Å². The van der Waals surface area contributed by atoms with Gasteiger partial charge in [-0.05, 0) is 37.0 Å². The van der Waals surface area contributed by atoms with Gasteiger partial charge in [-0.25, -0.2) is 9.78 Å². The molecule has 1 fully saturated rings. The number of nitrogens with zero attached hydrogens (tertiary/aromatic N) is 2. The van der Waals surface area contributed by atoms with Crippen molar-refractivity contribution in [3.63, 3.8) is 0 Å². The van der Waals surface area contributed by atoms with Gasteiger partial charge in [0.15, 0.2) is 0 Å². The molecule has 9 N–H and O–H groups in total. The minimum absolute atomic E-state index is 0.00150. The molecule has 210 valence electrons. The summed E-state index contributed by atoms with van der Waals surface area (Å²) >= 11 is 0. The van der Waals surface area contributed by atoms with E-state index in [2.05, 4.69) is 20.6 Å². The van der Waals surface area contributed by atoms with Crippen LogP contribution in [0.1, 0.15) is 36.9 Å². The van der Waals surface area contributed by atoms with Crippen molar-refractivity contribution in [1.82, 2.24) is 25.5 Å². The quantitative estimate of drug-likeness (QED) is 0.156. The van der Waals surface area contributed by atoms with Gasteiger partial charge in [0.05, 0.1) is 12.4 Å². The maximum Gasteiger partial charge on any atom is 0.326 e. The van der Waals surface area contributed by atoms with Crippen LogP contribution in [0.5, 0.6) is 5.75 Å². The number of nitrogens with one attached hydrogen (secondary N) is 3. The number of aromatic amines is 1. The number of amides is 4. The Morgan fingerprint density at radius 2 is 1.82 bits per heavy atom. The number of aromatic hydroxyl groups is 1. The number of carbonyl (C=O) groups is 5. The summed E-state index contributed by atoms with van der Waals surface area (Å²) in [5.41, 5.74) is 12.1. The Balaban J connectivity index is 1.72. The number of rotatable bonds is 13. The van der Waals surface area contributed by atoms with E-state index in [0.29, 0.717) is 24.1 Å². The summed E-state index contributed by atoms with van der Waals surface area (Å²) in [4.78, 5) is 70.5. The number of aromatic nitrogens is 2. The second-order valence-corrected chi connectivity index (χ2v) is 9.41. The average Bonchev–Trinajstić information content (AvgIpc) is 3.59. The third-order valence-corrected chi connectivity index (χ3v) is 6.46. The lowest BCUT2D eigenvalue weighted by Crippen LogP contribution is -2.57. The van der Waals surface area contributed by atoms with Crippen LogP contribution in [0.25, 0.3) is 0 Å². The van der Waals surface area contributed by atoms with Crippen LogP contribution in [0.3, 0.4) is 0 Å². The molecule has 14 nitrogen and oxygen atoms in total. The monoisotopic (exact) mass is 543 g/mol. The van der Waals surface area contributed by atoms with E-state index in [1.165, 1.54) is 29.6 Å². The number of carbonyl (C=O) groups excluding carboxylic acids is 4. The van der Waals surface area contributed by atoms with E-state index in [4.69, 9.17) is 11.5 Å². The number of likely N-dealkylation sites (tertiary alicyclic amines) is 1. The molecular formula is C25H33N7O7. The Hall–Kier alpha value is -4.46. The van der Waals surface area contributed by atoms with Crippen LogP contribution in [-0.2, 0) is 36.8 Å². The van der Waals surface area contributed by atoms with Gasteiger partial charge in [-0.1, -0.05) is 12.1 Å². The van der Waals surface area contributed by atoms with Crippen LogP contribution in [0, 0.1) is 0 Å². The summed E-state index contributed by atoms with van der Waals surface area (Å²) in [5, 5.41) is 24.2. The summed E-state index contributed by atoms with van der Waals surface area (Å²) in [6.07, 6.45) is 3.64. The zero-order valence-corrected chi connectivity index (χ0v) is 21.2. The van der Waals surface area contributed by atoms with E-state index in [1.807, 2.05) is 0 Å². The lowest BCUT2D eigenvalue weighted by molar-refractivity contribution is -0.145. The number of aliphatic carboxylic acids is 1. The summed E-state index contributed by atoms with van der Waals surface area (Å²) in [6, 6.07) is 1.57. The lowest BCUT2D eigenvalue weighted by atomic mass is 10.0. The first-order valence-electron chi connectivity index (χ1n) is 12.5. The van der Waals surface area contributed by atoms with E-state index in [1.54, 1.807) is 12.1 Å². The van der Waals surface area contributed by atoms with Crippen molar-refractivity contribution in [2.75, 3.05) is 6.54 Å². The largest absolute Gasteiger partial charge is 0.508 e. The molecule has 0 radical (unpaired) electrons. The summed E-state index contributed by atoms with van der Waals surface area (Å²) in [6.45, 7) is 0.232. The number of benzene rings is 1. The number of H-pyrrole nitrogens is 1. The van der Waals surface area contributed by atoms with Crippen molar-refractivity contribution >= 4 is 29.6 Å². The standard InChI is InChI=1S/C25H33N7O7/c26-17(7-8-21(27)34)22(35)30-18(11-15-12-28-13-29-15)24(37)32-9-1-2-20(32)23(36)31-19(25(38)39)10-14-3-5-16(33)6-4-14/h3-6,12-13,17-20,33H,1-2,7-11,26H2,(H2,27,34)(H,28,29)(H,30,35)(H,31,36)(H,38,39). The average molecular weight is 544 g/mol. The number of phenolic OH excluding ortho intramolecular Hbond substituents is 1. The molecule has 4 atom stereocenters. The van der Waals surface area contributed by atoms with Gasteiger partial charge >= 0.3 is 5.97 Å². The number of primary amides is 1. The SMILES string of the molecule is NC(=O)CCC(N)C(=O)NC(Cc1cnc[nH]1)C(=O)N1CCCC1C(=O)NC(Cc1ccc(O)cc1)C(=O)O. The fraction of sp³-hybridized carbons (Fsp3) is 0.440. The number of hydrogen-bond acceptors (Lipinski definition) is 8. The Labute approximate surface area is 224 Å². The van der Waals surface area contributed by atoms with E-state index < -0.39 is 53.8 Å². The molecule has 2 heterocycles. The maximum atomic E-state index is 13.6. The molecule has 1 aromatic heterocycles. The molecule has 1 saturated heterocycles. The Morgan fingerprint density at radius 3 is 2.44 bits per heavy atom. The molecule has 0 aliphatic carbocycles. The smallest absolute Gasteiger partial charge is 0.326 e. The van der Waals surface area contributed by atoms with Crippen molar-refractivity contribution in [2.24, 2.45) is 11.5 Å². The number of carboxylic acid groups (broad SMARTS) is 1.